The number of rotatable bonds is 6. The van der Waals surface area contributed by atoms with Gasteiger partial charge in [-0.05, 0) is 44.1 Å². The zero-order valence-electron chi connectivity index (χ0n) is 23.2. The summed E-state index contributed by atoms with van der Waals surface area (Å²) in [5.74, 6) is -4.18. The van der Waals surface area contributed by atoms with Crippen LogP contribution in [-0.2, 0) is 4.79 Å². The topological polar surface area (TPSA) is 135 Å². The number of piperidine rings is 1. The van der Waals surface area contributed by atoms with E-state index in [1.54, 1.807) is 11.0 Å². The summed E-state index contributed by atoms with van der Waals surface area (Å²) < 4.78 is 30.8. The average Bonchev–Trinajstić information content (AvgIpc) is 3.22. The summed E-state index contributed by atoms with van der Waals surface area (Å²) in [7, 11) is 1.33. The maximum absolute atomic E-state index is 15.7. The molecule has 14 heteroatoms. The van der Waals surface area contributed by atoms with Crippen LogP contribution in [0, 0.1) is 28.9 Å². The second kappa shape index (κ2) is 12.1. The number of hydrogen-bond acceptors (Lipinski definition) is 8. The van der Waals surface area contributed by atoms with Crippen molar-refractivity contribution in [2.75, 3.05) is 46.3 Å². The van der Waals surface area contributed by atoms with Gasteiger partial charge in [0.05, 0.1) is 11.4 Å². The van der Waals surface area contributed by atoms with E-state index in [-0.39, 0.29) is 39.8 Å². The first-order valence-electron chi connectivity index (χ1n) is 13.7. The normalized spacial score (nSPS) is 21.3. The van der Waals surface area contributed by atoms with Crippen LogP contribution in [0.4, 0.5) is 8.78 Å². The molecule has 3 aliphatic heterocycles. The summed E-state index contributed by atoms with van der Waals surface area (Å²) in [5.41, 5.74) is 4.82. The highest BCUT2D eigenvalue weighted by Crippen LogP contribution is 2.50. The van der Waals surface area contributed by atoms with Crippen LogP contribution < -0.4 is 16.4 Å². The molecule has 4 N–H and O–H groups in total. The number of carbonyl (C=O) groups excluding carboxylic acids is 3. The number of nitriles is 1. The van der Waals surface area contributed by atoms with Gasteiger partial charge in [-0.25, -0.2) is 13.2 Å². The van der Waals surface area contributed by atoms with Crippen LogP contribution >= 0.6 is 23.4 Å². The quantitative estimate of drug-likeness (QED) is 0.192. The number of halogens is 4. The standard InChI is InChI=1S/C29H29Cl2F2N7O3/c1-38-24(19-4-5-22(32)21(15-34)23(19)33)25(40(31)29(38,30)28(35)43)18-3-2-17(26(41)16-6-8-36-9-7-16)14-20(18)27(42)39-12-10-37-11-13-39/h2-5,14,16,36-37H,6-13H2,1H3,(H2,35,43). The van der Waals surface area contributed by atoms with E-state index in [4.69, 9.17) is 29.1 Å². The summed E-state index contributed by atoms with van der Waals surface area (Å²) in [4.78, 5) is 43.0. The molecule has 2 saturated heterocycles. The summed E-state index contributed by atoms with van der Waals surface area (Å²) in [6.07, 6.45) is 1.30. The molecule has 3 heterocycles. The highest BCUT2D eigenvalue weighted by molar-refractivity contribution is 6.40. The number of nitrogens with two attached hydrogens (primary N) is 1. The third-order valence-corrected chi connectivity index (χ3v) is 9.25. The lowest BCUT2D eigenvalue weighted by Gasteiger charge is -2.33. The van der Waals surface area contributed by atoms with Crippen molar-refractivity contribution in [2.24, 2.45) is 11.7 Å². The molecule has 43 heavy (non-hydrogen) atoms. The van der Waals surface area contributed by atoms with Crippen molar-refractivity contribution in [3.63, 3.8) is 0 Å². The van der Waals surface area contributed by atoms with Gasteiger partial charge in [-0.3, -0.25) is 14.4 Å². The van der Waals surface area contributed by atoms with Gasteiger partial charge in [0.1, 0.15) is 17.4 Å². The van der Waals surface area contributed by atoms with Gasteiger partial charge in [0.25, 0.3) is 16.9 Å². The Bertz CT molecular complexity index is 1570. The van der Waals surface area contributed by atoms with Gasteiger partial charge in [-0.2, -0.15) is 5.26 Å². The number of ketones is 1. The number of primary amides is 1. The van der Waals surface area contributed by atoms with Crippen molar-refractivity contribution < 1.29 is 23.2 Å². The SMILES string of the molecule is CN1C(c2ccc(F)c(C#N)c2F)=C(c2ccc(C(=O)C3CCNCC3)cc2C(=O)N2CCNCC2)N(Cl)C1(Cl)C(N)=O. The average molecular weight is 632 g/mol. The zero-order chi connectivity index (χ0) is 31.1. The van der Waals surface area contributed by atoms with Crippen molar-refractivity contribution >= 4 is 52.4 Å². The Balaban J connectivity index is 1.76. The lowest BCUT2D eigenvalue weighted by Crippen LogP contribution is -2.54. The second-order valence-electron chi connectivity index (χ2n) is 10.6. The molecular formula is C29H29Cl2F2N7O3. The van der Waals surface area contributed by atoms with Crippen LogP contribution in [0.25, 0.3) is 11.4 Å². The second-order valence-corrected chi connectivity index (χ2v) is 11.4. The van der Waals surface area contributed by atoms with E-state index < -0.39 is 34.1 Å². The molecule has 1 atom stereocenters. The number of amides is 2. The maximum Gasteiger partial charge on any atom is 0.285 e. The molecule has 0 aromatic heterocycles. The van der Waals surface area contributed by atoms with Crippen LogP contribution in [0.3, 0.4) is 0 Å². The molecule has 10 nitrogen and oxygen atoms in total. The van der Waals surface area contributed by atoms with Crippen LogP contribution in [-0.4, -0.2) is 83.3 Å². The first-order chi connectivity index (χ1) is 20.5. The molecule has 0 saturated carbocycles. The number of benzene rings is 2. The van der Waals surface area contributed by atoms with Gasteiger partial charge in [0.15, 0.2) is 11.6 Å². The molecule has 1 unspecified atom stereocenters. The van der Waals surface area contributed by atoms with Crippen molar-refractivity contribution in [1.82, 2.24) is 24.9 Å². The van der Waals surface area contributed by atoms with Crippen molar-refractivity contribution in [2.45, 2.75) is 18.0 Å². The number of likely N-dealkylation sites (N-methyl/N-ethyl adjacent to an activating group) is 1. The fourth-order valence-electron chi connectivity index (χ4n) is 5.76. The monoisotopic (exact) mass is 631 g/mol. The minimum atomic E-state index is -2.28. The van der Waals surface area contributed by atoms with Crippen molar-refractivity contribution in [1.29, 1.82) is 5.26 Å². The number of Topliss-reactive ketones (excluding diaryl/α,β-unsaturated/α-hetero) is 1. The smallest absolute Gasteiger partial charge is 0.285 e. The van der Waals surface area contributed by atoms with Gasteiger partial charge >= 0.3 is 0 Å². The van der Waals surface area contributed by atoms with E-state index >= 15 is 4.39 Å². The fourth-order valence-corrected chi connectivity index (χ4v) is 6.30. The summed E-state index contributed by atoms with van der Waals surface area (Å²) in [5, 5.41) is 13.6. The number of nitrogens with one attached hydrogen (secondary N) is 2. The van der Waals surface area contributed by atoms with Gasteiger partial charge in [-0.1, -0.05) is 23.7 Å². The van der Waals surface area contributed by atoms with E-state index in [1.165, 1.54) is 25.2 Å². The minimum Gasteiger partial charge on any atom is -0.365 e. The van der Waals surface area contributed by atoms with Gasteiger partial charge < -0.3 is 26.2 Å². The number of piperazine rings is 1. The lowest BCUT2D eigenvalue weighted by atomic mass is 9.87. The Morgan fingerprint density at radius 3 is 2.28 bits per heavy atom. The van der Waals surface area contributed by atoms with Crippen molar-refractivity contribution in [3.05, 3.63) is 69.8 Å². The molecule has 2 fully saturated rings. The van der Waals surface area contributed by atoms with E-state index in [1.807, 2.05) is 0 Å². The van der Waals surface area contributed by atoms with Crippen LogP contribution in [0.15, 0.2) is 30.3 Å². The van der Waals surface area contributed by atoms with Crippen molar-refractivity contribution in [3.8, 4) is 6.07 Å². The maximum atomic E-state index is 15.7. The van der Waals surface area contributed by atoms with Crippen LogP contribution in [0.2, 0.25) is 0 Å². The van der Waals surface area contributed by atoms with E-state index in [0.717, 1.165) is 21.5 Å². The lowest BCUT2D eigenvalue weighted by molar-refractivity contribution is -0.126. The number of nitrogens with zero attached hydrogens (tertiary/aromatic N) is 4. The largest absolute Gasteiger partial charge is 0.365 e. The number of carbonyl (C=O) groups is 3. The predicted octanol–water partition coefficient (Wildman–Crippen LogP) is 2.67. The molecular weight excluding hydrogens is 603 g/mol. The molecule has 3 aliphatic rings. The summed E-state index contributed by atoms with van der Waals surface area (Å²) >= 11 is 13.4. The third kappa shape index (κ3) is 5.20. The minimum absolute atomic E-state index is 0.0710. The molecule has 226 valence electrons. The van der Waals surface area contributed by atoms with Crippen LogP contribution in [0.5, 0.6) is 0 Å². The van der Waals surface area contributed by atoms with Crippen LogP contribution in [0.1, 0.15) is 50.2 Å². The third-order valence-electron chi connectivity index (χ3n) is 8.14. The molecule has 0 spiro atoms. The Labute approximate surface area is 257 Å². The summed E-state index contributed by atoms with van der Waals surface area (Å²) in [6.45, 7) is 3.28. The highest BCUT2D eigenvalue weighted by atomic mass is 35.5. The molecule has 0 aliphatic carbocycles. The summed E-state index contributed by atoms with van der Waals surface area (Å²) in [6, 6.07) is 8.02. The molecule has 0 radical (unpaired) electrons. The molecule has 0 bridgehead atoms. The molecule has 5 rings (SSSR count). The van der Waals surface area contributed by atoms with Gasteiger partial charge in [0, 0.05) is 73.2 Å². The predicted molar refractivity (Wildman–Crippen MR) is 156 cm³/mol. The van der Waals surface area contributed by atoms with E-state index in [9.17, 15) is 24.0 Å². The number of alkyl halides is 1. The van der Waals surface area contributed by atoms with Gasteiger partial charge in [-0.15, -0.1) is 0 Å². The van der Waals surface area contributed by atoms with E-state index in [2.05, 4.69) is 10.6 Å². The highest BCUT2D eigenvalue weighted by Gasteiger charge is 2.54. The fraction of sp³-hybridized carbons (Fsp3) is 0.379. The Kier molecular flexibility index (Phi) is 8.63. The van der Waals surface area contributed by atoms with E-state index in [0.29, 0.717) is 57.7 Å². The Hall–Kier alpha value is -3.76. The Morgan fingerprint density at radius 1 is 1.02 bits per heavy atom. The first-order valence-corrected chi connectivity index (χ1v) is 14.4. The molecule has 2 aromatic carbocycles. The van der Waals surface area contributed by atoms with Gasteiger partial charge in [0.2, 0.25) is 0 Å². The molecule has 2 amide bonds. The first kappa shape index (κ1) is 30.7. The number of hydrogen-bond donors (Lipinski definition) is 3. The zero-order valence-corrected chi connectivity index (χ0v) is 24.7. The Morgan fingerprint density at radius 2 is 1.65 bits per heavy atom. The molecule has 2 aromatic rings.